The molecule has 0 aliphatic heterocycles. The van der Waals surface area contributed by atoms with Gasteiger partial charge in [0.2, 0.25) is 0 Å². The number of ether oxygens (including phenoxy) is 2. The summed E-state index contributed by atoms with van der Waals surface area (Å²) in [5.41, 5.74) is 1.25. The normalized spacial score (nSPS) is 10.9. The van der Waals surface area contributed by atoms with Crippen LogP contribution in [-0.2, 0) is 4.74 Å². The van der Waals surface area contributed by atoms with Crippen LogP contribution in [0, 0.1) is 34.1 Å². The molecule has 10 heteroatoms. The summed E-state index contributed by atoms with van der Waals surface area (Å²) in [6, 6.07) is 3.94. The van der Waals surface area contributed by atoms with Crippen molar-refractivity contribution in [3.63, 3.8) is 0 Å². The van der Waals surface area contributed by atoms with Crippen LogP contribution in [0.2, 0.25) is 0 Å². The summed E-state index contributed by atoms with van der Waals surface area (Å²) in [5.74, 6) is -0.0860. The summed E-state index contributed by atoms with van der Waals surface area (Å²) >= 11 is 0. The number of hydrogen-bond donors (Lipinski definition) is 1. The Hall–Kier alpha value is -3.69. The molecule has 0 radical (unpaired) electrons. The molecule has 1 heterocycles. The highest BCUT2D eigenvalue weighted by Crippen LogP contribution is 2.40. The van der Waals surface area contributed by atoms with Gasteiger partial charge in [-0.3, -0.25) is 20.2 Å². The number of hydrogen-bond acceptors (Lipinski definition) is 7. The van der Waals surface area contributed by atoms with E-state index in [1.54, 1.807) is 20.8 Å². The molecule has 10 nitrogen and oxygen atoms in total. The Kier molecular flexibility index (Phi) is 4.40. The summed E-state index contributed by atoms with van der Waals surface area (Å²) in [7, 11) is 0. The number of non-ortho nitro benzene ring substituents is 1. The van der Waals surface area contributed by atoms with E-state index in [0.717, 1.165) is 6.07 Å². The molecule has 1 N–H and O–H groups in total. The first-order chi connectivity index (χ1) is 12.7. The van der Waals surface area contributed by atoms with E-state index >= 15 is 0 Å². The van der Waals surface area contributed by atoms with Gasteiger partial charge < -0.3 is 14.5 Å². The minimum Gasteiger partial charge on any atom is -0.434 e. The molecule has 2 aromatic carbocycles. The van der Waals surface area contributed by atoms with Gasteiger partial charge in [-0.25, -0.2) is 4.79 Å². The highest BCUT2D eigenvalue weighted by atomic mass is 16.7. The summed E-state index contributed by atoms with van der Waals surface area (Å²) < 4.78 is 9.70. The molecule has 1 aromatic heterocycles. The van der Waals surface area contributed by atoms with Crippen molar-refractivity contribution in [1.82, 2.24) is 4.98 Å². The molecule has 3 aromatic rings. The maximum absolute atomic E-state index is 11.6. The van der Waals surface area contributed by atoms with Crippen molar-refractivity contribution in [2.75, 3.05) is 6.61 Å². The first-order valence-corrected chi connectivity index (χ1v) is 7.97. The zero-order valence-corrected chi connectivity index (χ0v) is 14.7. The van der Waals surface area contributed by atoms with E-state index in [0.29, 0.717) is 27.4 Å². The van der Waals surface area contributed by atoms with E-state index in [-0.39, 0.29) is 29.2 Å². The highest BCUT2D eigenvalue weighted by Gasteiger charge is 2.24. The average Bonchev–Trinajstić information content (AvgIpc) is 2.97. The summed E-state index contributed by atoms with van der Waals surface area (Å²) in [5, 5.41) is 23.7. The van der Waals surface area contributed by atoms with Crippen LogP contribution >= 0.6 is 0 Å². The van der Waals surface area contributed by atoms with Crippen LogP contribution in [0.25, 0.3) is 21.8 Å². The predicted octanol–water partition coefficient (Wildman–Crippen LogP) is 4.29. The third-order valence-corrected chi connectivity index (χ3v) is 4.22. The number of aromatic nitrogens is 1. The van der Waals surface area contributed by atoms with Crippen LogP contribution in [0.15, 0.2) is 18.2 Å². The van der Waals surface area contributed by atoms with Crippen molar-refractivity contribution in [2.24, 2.45) is 0 Å². The molecule has 0 aliphatic rings. The molecule has 0 amide bonds. The Balaban J connectivity index is 2.38. The Morgan fingerprint density at radius 2 is 1.74 bits per heavy atom. The molecular weight excluding hydrogens is 358 g/mol. The molecule has 0 bridgehead atoms. The van der Waals surface area contributed by atoms with Crippen molar-refractivity contribution < 1.29 is 24.1 Å². The monoisotopic (exact) mass is 373 g/mol. The number of carbonyl (C=O) groups is 1. The Labute approximate surface area is 152 Å². The first kappa shape index (κ1) is 18.1. The van der Waals surface area contributed by atoms with Gasteiger partial charge in [-0.15, -0.1) is 0 Å². The number of benzene rings is 2. The number of carbonyl (C=O) groups excluding carboxylic acids is 1. The molecule has 0 unspecified atom stereocenters. The number of aryl methyl sites for hydroxylation is 2. The highest BCUT2D eigenvalue weighted by molar-refractivity contribution is 6.14. The zero-order chi connectivity index (χ0) is 19.9. The second kappa shape index (κ2) is 6.56. The van der Waals surface area contributed by atoms with Gasteiger partial charge in [0, 0.05) is 22.4 Å². The zero-order valence-electron chi connectivity index (χ0n) is 14.7. The molecule has 0 saturated carbocycles. The van der Waals surface area contributed by atoms with Gasteiger partial charge in [-0.1, -0.05) is 0 Å². The number of nitro groups is 2. The molecule has 0 fully saturated rings. The number of H-pyrrole nitrogens is 1. The van der Waals surface area contributed by atoms with Crippen molar-refractivity contribution in [3.8, 4) is 5.75 Å². The molecule has 0 atom stereocenters. The van der Waals surface area contributed by atoms with Gasteiger partial charge >= 0.3 is 6.16 Å². The topological polar surface area (TPSA) is 138 Å². The van der Waals surface area contributed by atoms with Crippen LogP contribution in [-0.4, -0.2) is 27.6 Å². The van der Waals surface area contributed by atoms with Gasteiger partial charge in [0.15, 0.2) is 0 Å². The van der Waals surface area contributed by atoms with Crippen LogP contribution < -0.4 is 4.74 Å². The van der Waals surface area contributed by atoms with Gasteiger partial charge in [0.05, 0.1) is 28.0 Å². The minimum absolute atomic E-state index is 0.0841. The predicted molar refractivity (Wildman–Crippen MR) is 96.2 cm³/mol. The fraction of sp³-hybridized carbons (Fsp3) is 0.235. The lowest BCUT2D eigenvalue weighted by Gasteiger charge is -2.05. The lowest BCUT2D eigenvalue weighted by atomic mass is 10.0. The van der Waals surface area contributed by atoms with E-state index in [4.69, 9.17) is 9.47 Å². The van der Waals surface area contributed by atoms with Crippen molar-refractivity contribution in [1.29, 1.82) is 0 Å². The van der Waals surface area contributed by atoms with Crippen LogP contribution in [0.5, 0.6) is 5.75 Å². The molecule has 0 spiro atoms. The van der Waals surface area contributed by atoms with Crippen molar-refractivity contribution in [2.45, 2.75) is 20.8 Å². The maximum atomic E-state index is 11.6. The number of rotatable bonds is 4. The Morgan fingerprint density at radius 3 is 2.33 bits per heavy atom. The summed E-state index contributed by atoms with van der Waals surface area (Å²) in [4.78, 5) is 36.3. The standard InChI is InChI=1S/C17H15N3O7/c1-4-26-17(21)27-10-6-11-14-9(3)12(19(22)23)5-8(2)15(14)18-16(11)13(7-10)20(24)25/h5-7,18H,4H2,1-3H3. The molecular formula is C17H15N3O7. The quantitative estimate of drug-likeness (QED) is 0.311. The number of nitrogens with one attached hydrogen (secondary N) is 1. The first-order valence-electron chi connectivity index (χ1n) is 7.97. The largest absolute Gasteiger partial charge is 0.513 e. The molecule has 140 valence electrons. The number of nitrogens with zero attached hydrogens (tertiary/aromatic N) is 2. The fourth-order valence-corrected chi connectivity index (χ4v) is 3.09. The lowest BCUT2D eigenvalue weighted by molar-refractivity contribution is -0.385. The van der Waals surface area contributed by atoms with Gasteiger partial charge in [-0.2, -0.15) is 0 Å². The average molecular weight is 373 g/mol. The van der Waals surface area contributed by atoms with Gasteiger partial charge in [0.1, 0.15) is 11.3 Å². The molecule has 0 saturated heterocycles. The lowest BCUT2D eigenvalue weighted by Crippen LogP contribution is -2.10. The van der Waals surface area contributed by atoms with E-state index in [1.165, 1.54) is 12.1 Å². The fourth-order valence-electron chi connectivity index (χ4n) is 3.09. The van der Waals surface area contributed by atoms with E-state index in [9.17, 15) is 25.0 Å². The second-order valence-corrected chi connectivity index (χ2v) is 5.88. The molecule has 3 rings (SSSR count). The van der Waals surface area contributed by atoms with Crippen LogP contribution in [0.4, 0.5) is 16.2 Å². The van der Waals surface area contributed by atoms with Crippen molar-refractivity contribution in [3.05, 3.63) is 49.6 Å². The van der Waals surface area contributed by atoms with Crippen LogP contribution in [0.1, 0.15) is 18.1 Å². The summed E-state index contributed by atoms with van der Waals surface area (Å²) in [6.45, 7) is 4.92. The Bertz CT molecular complexity index is 1120. The second-order valence-electron chi connectivity index (χ2n) is 5.88. The summed E-state index contributed by atoms with van der Waals surface area (Å²) in [6.07, 6.45) is -0.995. The third kappa shape index (κ3) is 3.01. The number of fused-ring (bicyclic) bond motifs is 3. The maximum Gasteiger partial charge on any atom is 0.513 e. The van der Waals surface area contributed by atoms with Gasteiger partial charge in [-0.05, 0) is 32.4 Å². The van der Waals surface area contributed by atoms with E-state index < -0.39 is 16.0 Å². The Morgan fingerprint density at radius 1 is 1.07 bits per heavy atom. The van der Waals surface area contributed by atoms with E-state index in [2.05, 4.69) is 4.98 Å². The number of aromatic amines is 1. The SMILES string of the molecule is CCOC(=O)Oc1cc([N+](=O)[O-])c2[nH]c3c(C)cc([N+](=O)[O-])c(C)c3c2c1. The number of nitro benzene ring substituents is 2. The third-order valence-electron chi connectivity index (χ3n) is 4.22. The smallest absolute Gasteiger partial charge is 0.434 e. The van der Waals surface area contributed by atoms with Crippen molar-refractivity contribution >= 4 is 39.3 Å². The van der Waals surface area contributed by atoms with Gasteiger partial charge in [0.25, 0.3) is 11.4 Å². The van der Waals surface area contributed by atoms with E-state index in [1.807, 2.05) is 0 Å². The molecule has 0 aliphatic carbocycles. The molecule has 27 heavy (non-hydrogen) atoms. The van der Waals surface area contributed by atoms with Crippen LogP contribution in [0.3, 0.4) is 0 Å². The minimum atomic E-state index is -0.995.